The summed E-state index contributed by atoms with van der Waals surface area (Å²) < 4.78 is 0. The first-order valence-corrected chi connectivity index (χ1v) is 6.70. The maximum atomic E-state index is 11.9. The van der Waals surface area contributed by atoms with Gasteiger partial charge in [0.2, 0.25) is 5.91 Å². The van der Waals surface area contributed by atoms with Gasteiger partial charge >= 0.3 is 6.03 Å². The molecule has 1 aromatic carbocycles. The second kappa shape index (κ2) is 5.25. The van der Waals surface area contributed by atoms with Gasteiger partial charge in [0.25, 0.3) is 0 Å². The Balaban J connectivity index is 2.23. The van der Waals surface area contributed by atoms with Gasteiger partial charge in [-0.3, -0.25) is 9.69 Å². The molecule has 0 bridgehead atoms. The summed E-state index contributed by atoms with van der Waals surface area (Å²) in [7, 11) is 1.62. The molecule has 1 aliphatic rings. The van der Waals surface area contributed by atoms with Gasteiger partial charge in [-0.15, -0.1) is 0 Å². The van der Waals surface area contributed by atoms with E-state index in [9.17, 15) is 9.59 Å². The lowest BCUT2D eigenvalue weighted by atomic mass is 9.94. The lowest BCUT2D eigenvalue weighted by Gasteiger charge is -2.22. The van der Waals surface area contributed by atoms with Gasteiger partial charge in [0.15, 0.2) is 0 Å². The molecule has 1 aromatic rings. The second-order valence-corrected chi connectivity index (χ2v) is 5.56. The van der Waals surface area contributed by atoms with Crippen molar-refractivity contribution in [2.24, 2.45) is 5.73 Å². The molecule has 1 unspecified atom stereocenters. The maximum absolute atomic E-state index is 11.9. The number of rotatable bonds is 3. The summed E-state index contributed by atoms with van der Waals surface area (Å²) in [5.74, 6) is -0.185. The Morgan fingerprint density at radius 2 is 1.75 bits per heavy atom. The molecule has 20 heavy (non-hydrogen) atoms. The molecule has 1 fully saturated rings. The highest BCUT2D eigenvalue weighted by Crippen LogP contribution is 2.24. The fourth-order valence-corrected chi connectivity index (χ4v) is 2.91. The molecule has 0 radical (unpaired) electrons. The molecular formula is C15H21N3O2. The summed E-state index contributed by atoms with van der Waals surface area (Å²) in [4.78, 5) is 26.3. The van der Waals surface area contributed by atoms with Crippen LogP contribution in [-0.4, -0.2) is 41.9 Å². The van der Waals surface area contributed by atoms with Crippen LogP contribution < -0.4 is 5.73 Å². The zero-order chi connectivity index (χ0) is 15.0. The summed E-state index contributed by atoms with van der Waals surface area (Å²) in [6.45, 7) is 6.42. The molecular weight excluding hydrogens is 254 g/mol. The average molecular weight is 275 g/mol. The SMILES string of the molecule is Cc1cc(C)c(C(N)CN2C(=O)CN(C)C2=O)c(C)c1. The molecule has 1 heterocycles. The molecule has 108 valence electrons. The van der Waals surface area contributed by atoms with Crippen LogP contribution in [0.3, 0.4) is 0 Å². The number of urea groups is 1. The molecule has 1 saturated heterocycles. The molecule has 3 amide bonds. The summed E-state index contributed by atoms with van der Waals surface area (Å²) in [6, 6.07) is 3.52. The van der Waals surface area contributed by atoms with Crippen LogP contribution in [-0.2, 0) is 4.79 Å². The van der Waals surface area contributed by atoms with E-state index in [-0.39, 0.29) is 31.1 Å². The summed E-state index contributed by atoms with van der Waals surface area (Å²) in [6.07, 6.45) is 0. The number of amides is 3. The highest BCUT2D eigenvalue weighted by Gasteiger charge is 2.34. The number of benzene rings is 1. The predicted molar refractivity (Wildman–Crippen MR) is 77.3 cm³/mol. The molecule has 5 nitrogen and oxygen atoms in total. The molecule has 0 saturated carbocycles. The average Bonchev–Trinajstić information content (AvgIpc) is 2.54. The van der Waals surface area contributed by atoms with Crippen molar-refractivity contribution in [3.05, 3.63) is 34.4 Å². The predicted octanol–water partition coefficient (Wildman–Crippen LogP) is 1.51. The van der Waals surface area contributed by atoms with Crippen LogP contribution in [0.25, 0.3) is 0 Å². The zero-order valence-electron chi connectivity index (χ0n) is 12.4. The van der Waals surface area contributed by atoms with Gasteiger partial charge in [0.1, 0.15) is 6.54 Å². The Labute approximate surface area is 119 Å². The van der Waals surface area contributed by atoms with Crippen LogP contribution >= 0.6 is 0 Å². The largest absolute Gasteiger partial charge is 0.327 e. The number of imide groups is 1. The van der Waals surface area contributed by atoms with E-state index in [0.29, 0.717) is 0 Å². The molecule has 0 spiro atoms. The van der Waals surface area contributed by atoms with Crippen LogP contribution in [0, 0.1) is 20.8 Å². The first kappa shape index (κ1) is 14.5. The van der Waals surface area contributed by atoms with Crippen LogP contribution in [0.2, 0.25) is 0 Å². The van der Waals surface area contributed by atoms with E-state index >= 15 is 0 Å². The third-order valence-corrected chi connectivity index (χ3v) is 3.72. The highest BCUT2D eigenvalue weighted by atomic mass is 16.2. The van der Waals surface area contributed by atoms with Crippen molar-refractivity contribution in [1.82, 2.24) is 9.80 Å². The van der Waals surface area contributed by atoms with Crippen molar-refractivity contribution in [1.29, 1.82) is 0 Å². The van der Waals surface area contributed by atoms with Gasteiger partial charge in [0.05, 0.1) is 0 Å². The lowest BCUT2D eigenvalue weighted by Crippen LogP contribution is -2.38. The van der Waals surface area contributed by atoms with E-state index < -0.39 is 0 Å². The molecule has 2 rings (SSSR count). The summed E-state index contributed by atoms with van der Waals surface area (Å²) in [5, 5.41) is 0. The van der Waals surface area contributed by atoms with E-state index in [1.807, 2.05) is 20.8 Å². The lowest BCUT2D eigenvalue weighted by molar-refractivity contribution is -0.125. The Bertz CT molecular complexity index is 545. The highest BCUT2D eigenvalue weighted by molar-refractivity contribution is 6.01. The number of likely N-dealkylation sites (N-methyl/N-ethyl adjacent to an activating group) is 1. The van der Waals surface area contributed by atoms with Crippen molar-refractivity contribution in [2.45, 2.75) is 26.8 Å². The summed E-state index contributed by atoms with van der Waals surface area (Å²) in [5.41, 5.74) is 10.6. The third kappa shape index (κ3) is 2.54. The Kier molecular flexibility index (Phi) is 3.81. The van der Waals surface area contributed by atoms with Gasteiger partial charge < -0.3 is 10.6 Å². The Morgan fingerprint density at radius 1 is 1.20 bits per heavy atom. The van der Waals surface area contributed by atoms with Crippen molar-refractivity contribution in [2.75, 3.05) is 20.1 Å². The van der Waals surface area contributed by atoms with E-state index in [1.165, 1.54) is 15.4 Å². The van der Waals surface area contributed by atoms with Crippen LogP contribution in [0.1, 0.15) is 28.3 Å². The van der Waals surface area contributed by atoms with E-state index in [0.717, 1.165) is 16.7 Å². The number of carbonyl (C=O) groups is 2. The van der Waals surface area contributed by atoms with Gasteiger partial charge in [-0.1, -0.05) is 17.7 Å². The van der Waals surface area contributed by atoms with Gasteiger partial charge in [0, 0.05) is 19.6 Å². The van der Waals surface area contributed by atoms with E-state index in [2.05, 4.69) is 12.1 Å². The Morgan fingerprint density at radius 3 is 2.20 bits per heavy atom. The number of hydrogen-bond acceptors (Lipinski definition) is 3. The van der Waals surface area contributed by atoms with Crippen LogP contribution in [0.4, 0.5) is 4.79 Å². The second-order valence-electron chi connectivity index (χ2n) is 5.56. The van der Waals surface area contributed by atoms with Crippen LogP contribution in [0.5, 0.6) is 0 Å². The van der Waals surface area contributed by atoms with Gasteiger partial charge in [-0.25, -0.2) is 4.79 Å². The normalized spacial score (nSPS) is 17.1. The first-order chi connectivity index (χ1) is 9.31. The number of nitrogens with zero attached hydrogens (tertiary/aromatic N) is 2. The quantitative estimate of drug-likeness (QED) is 0.850. The van der Waals surface area contributed by atoms with E-state index in [1.54, 1.807) is 7.05 Å². The maximum Gasteiger partial charge on any atom is 0.327 e. The minimum atomic E-state index is -0.352. The zero-order valence-corrected chi connectivity index (χ0v) is 12.4. The fraction of sp³-hybridized carbons (Fsp3) is 0.467. The third-order valence-electron chi connectivity index (χ3n) is 3.72. The van der Waals surface area contributed by atoms with Crippen molar-refractivity contribution in [3.8, 4) is 0 Å². The fourth-order valence-electron chi connectivity index (χ4n) is 2.91. The number of hydrogen-bond donors (Lipinski definition) is 1. The Hall–Kier alpha value is -1.88. The number of aryl methyl sites for hydroxylation is 3. The number of nitrogens with two attached hydrogens (primary N) is 1. The summed E-state index contributed by atoms with van der Waals surface area (Å²) >= 11 is 0. The molecule has 0 aliphatic carbocycles. The monoisotopic (exact) mass is 275 g/mol. The van der Waals surface area contributed by atoms with Crippen LogP contribution in [0.15, 0.2) is 12.1 Å². The molecule has 1 aliphatic heterocycles. The standard InChI is InChI=1S/C15H21N3O2/c1-9-5-10(2)14(11(3)6-9)12(16)7-18-13(19)8-17(4)15(18)20/h5-6,12H,7-8,16H2,1-4H3. The minimum Gasteiger partial charge on any atom is -0.322 e. The molecule has 0 aromatic heterocycles. The minimum absolute atomic E-state index is 0.136. The van der Waals surface area contributed by atoms with Crippen molar-refractivity contribution < 1.29 is 9.59 Å². The smallest absolute Gasteiger partial charge is 0.322 e. The van der Waals surface area contributed by atoms with E-state index in [4.69, 9.17) is 5.73 Å². The number of carbonyl (C=O) groups excluding carboxylic acids is 2. The van der Waals surface area contributed by atoms with Gasteiger partial charge in [-0.05, 0) is 37.5 Å². The topological polar surface area (TPSA) is 66.6 Å². The molecule has 5 heteroatoms. The van der Waals surface area contributed by atoms with Gasteiger partial charge in [-0.2, -0.15) is 0 Å². The molecule has 1 atom stereocenters. The first-order valence-electron chi connectivity index (χ1n) is 6.70. The molecule has 2 N–H and O–H groups in total. The van der Waals surface area contributed by atoms with Crippen molar-refractivity contribution in [3.63, 3.8) is 0 Å². The van der Waals surface area contributed by atoms with Crippen molar-refractivity contribution >= 4 is 11.9 Å².